The Labute approximate surface area is 115 Å². The third-order valence-electron chi connectivity index (χ3n) is 3.60. The van der Waals surface area contributed by atoms with Crippen molar-refractivity contribution in [3.05, 3.63) is 29.8 Å². The number of guanidine groups is 1. The summed E-state index contributed by atoms with van der Waals surface area (Å²) in [5.74, 6) is 0.814. The first-order valence-corrected chi connectivity index (χ1v) is 6.99. The molecule has 0 radical (unpaired) electrons. The number of nitrogens with one attached hydrogen (secondary N) is 2. The third kappa shape index (κ3) is 3.63. The highest BCUT2D eigenvalue weighted by atomic mass is 15.2. The van der Waals surface area contributed by atoms with Crippen LogP contribution in [-0.4, -0.2) is 30.0 Å². The van der Waals surface area contributed by atoms with Crippen LogP contribution in [0.1, 0.15) is 25.8 Å². The Bertz CT molecular complexity index is 417. The van der Waals surface area contributed by atoms with Crippen molar-refractivity contribution in [1.82, 2.24) is 4.90 Å². The summed E-state index contributed by atoms with van der Waals surface area (Å²) in [6.45, 7) is 6.06. The monoisotopic (exact) mass is 260 g/mol. The summed E-state index contributed by atoms with van der Waals surface area (Å²) >= 11 is 0. The van der Waals surface area contributed by atoms with Gasteiger partial charge in [-0.05, 0) is 30.4 Å². The molecule has 0 fully saturated rings. The lowest BCUT2D eigenvalue weighted by Crippen LogP contribution is -2.44. The van der Waals surface area contributed by atoms with Crippen molar-refractivity contribution in [2.45, 2.75) is 32.7 Å². The molecule has 1 unspecified atom stereocenters. The van der Waals surface area contributed by atoms with Gasteiger partial charge in [-0.1, -0.05) is 32.0 Å². The van der Waals surface area contributed by atoms with Crippen LogP contribution in [0.4, 0.5) is 5.69 Å². The van der Waals surface area contributed by atoms with E-state index in [1.165, 1.54) is 11.3 Å². The van der Waals surface area contributed by atoms with Gasteiger partial charge >= 0.3 is 0 Å². The number of nitrogens with two attached hydrogens (primary N) is 1. The number of benzene rings is 1. The first-order chi connectivity index (χ1) is 9.06. The number of para-hydroxylation sites is 1. The normalized spacial score (nSPS) is 17.1. The maximum atomic E-state index is 7.70. The maximum Gasteiger partial charge on any atom is 0.188 e. The molecule has 0 aromatic heterocycles. The summed E-state index contributed by atoms with van der Waals surface area (Å²) in [6, 6.07) is 8.75. The van der Waals surface area contributed by atoms with Crippen molar-refractivity contribution in [1.29, 1.82) is 5.41 Å². The van der Waals surface area contributed by atoms with Crippen molar-refractivity contribution in [3.63, 3.8) is 0 Å². The molecule has 0 saturated carbocycles. The summed E-state index contributed by atoms with van der Waals surface area (Å²) in [5, 5.41) is 11.2. The Kier molecular flexibility index (Phi) is 4.30. The van der Waals surface area contributed by atoms with Crippen LogP contribution < -0.4 is 11.1 Å². The summed E-state index contributed by atoms with van der Waals surface area (Å²) < 4.78 is 0. The Hall–Kier alpha value is -1.71. The van der Waals surface area contributed by atoms with Gasteiger partial charge < -0.3 is 16.0 Å². The summed E-state index contributed by atoms with van der Waals surface area (Å²) in [5.41, 5.74) is 8.27. The van der Waals surface area contributed by atoms with Crippen LogP contribution in [0, 0.1) is 11.3 Å². The molecule has 4 N–H and O–H groups in total. The minimum absolute atomic E-state index is 0.179. The van der Waals surface area contributed by atoms with Crippen molar-refractivity contribution < 1.29 is 0 Å². The summed E-state index contributed by atoms with van der Waals surface area (Å²) in [7, 11) is 0. The van der Waals surface area contributed by atoms with E-state index >= 15 is 0 Å². The molecule has 4 nitrogen and oxygen atoms in total. The zero-order valence-electron chi connectivity index (χ0n) is 11.8. The minimum Gasteiger partial charge on any atom is -0.380 e. The molecule has 0 spiro atoms. The Balaban J connectivity index is 1.91. The van der Waals surface area contributed by atoms with E-state index in [-0.39, 0.29) is 5.96 Å². The van der Waals surface area contributed by atoms with E-state index in [9.17, 15) is 0 Å². The number of nitrogens with zero attached hydrogens (tertiary/aromatic N) is 1. The fourth-order valence-electron chi connectivity index (χ4n) is 2.48. The van der Waals surface area contributed by atoms with Crippen molar-refractivity contribution >= 4 is 11.6 Å². The standard InChI is InChI=1S/C15H24N4/c1-11(2)7-8-19(15(16)17)10-13-9-12-5-3-4-6-14(12)18-13/h3-6,11,13,18H,7-10H2,1-2H3,(H3,16,17). The van der Waals surface area contributed by atoms with Crippen LogP contribution in [0.3, 0.4) is 0 Å². The minimum atomic E-state index is 0.179. The lowest BCUT2D eigenvalue weighted by molar-refractivity contribution is 0.360. The predicted molar refractivity (Wildman–Crippen MR) is 80.5 cm³/mol. The van der Waals surface area contributed by atoms with Crippen LogP contribution in [0.15, 0.2) is 24.3 Å². The fraction of sp³-hybridized carbons (Fsp3) is 0.533. The molecule has 0 saturated heterocycles. The lowest BCUT2D eigenvalue weighted by atomic mass is 10.1. The molecular formula is C15H24N4. The van der Waals surface area contributed by atoms with Crippen LogP contribution in [-0.2, 0) is 6.42 Å². The lowest BCUT2D eigenvalue weighted by Gasteiger charge is -2.26. The molecule has 1 atom stereocenters. The smallest absolute Gasteiger partial charge is 0.188 e. The van der Waals surface area contributed by atoms with E-state index in [4.69, 9.17) is 11.1 Å². The molecule has 2 rings (SSSR count). The Morgan fingerprint density at radius 3 is 2.84 bits per heavy atom. The van der Waals surface area contributed by atoms with Crippen molar-refractivity contribution in [2.75, 3.05) is 18.4 Å². The SMILES string of the molecule is CC(C)CCN(CC1Cc2ccccc2N1)C(=N)N. The molecule has 0 amide bonds. The van der Waals surface area contributed by atoms with E-state index in [0.717, 1.165) is 25.9 Å². The number of hydrogen-bond acceptors (Lipinski definition) is 2. The largest absolute Gasteiger partial charge is 0.380 e. The van der Waals surface area contributed by atoms with Gasteiger partial charge in [0, 0.05) is 24.8 Å². The van der Waals surface area contributed by atoms with E-state index < -0.39 is 0 Å². The fourth-order valence-corrected chi connectivity index (χ4v) is 2.48. The van der Waals surface area contributed by atoms with Crippen LogP contribution in [0.2, 0.25) is 0 Å². The quantitative estimate of drug-likeness (QED) is 0.562. The van der Waals surface area contributed by atoms with Gasteiger partial charge in [-0.3, -0.25) is 5.41 Å². The van der Waals surface area contributed by atoms with Crippen LogP contribution in [0.5, 0.6) is 0 Å². The molecule has 1 aliphatic rings. The topological polar surface area (TPSA) is 65.1 Å². The van der Waals surface area contributed by atoms with Gasteiger partial charge in [0.1, 0.15) is 0 Å². The molecular weight excluding hydrogens is 236 g/mol. The van der Waals surface area contributed by atoms with Crippen molar-refractivity contribution in [3.8, 4) is 0 Å². The van der Waals surface area contributed by atoms with Gasteiger partial charge in [-0.25, -0.2) is 0 Å². The average molecular weight is 260 g/mol. The van der Waals surface area contributed by atoms with Gasteiger partial charge in [0.25, 0.3) is 0 Å². The second kappa shape index (κ2) is 5.95. The van der Waals surface area contributed by atoms with Gasteiger partial charge in [-0.2, -0.15) is 0 Å². The van der Waals surface area contributed by atoms with Crippen molar-refractivity contribution in [2.24, 2.45) is 11.7 Å². The second-order valence-electron chi connectivity index (χ2n) is 5.72. The molecule has 0 bridgehead atoms. The van der Waals surface area contributed by atoms with E-state index in [0.29, 0.717) is 12.0 Å². The highest BCUT2D eigenvalue weighted by Crippen LogP contribution is 2.25. The molecule has 104 valence electrons. The molecule has 4 heteroatoms. The van der Waals surface area contributed by atoms with Gasteiger partial charge in [0.05, 0.1) is 0 Å². The van der Waals surface area contributed by atoms with Gasteiger partial charge in [0.15, 0.2) is 5.96 Å². The molecule has 1 aliphatic heterocycles. The molecule has 19 heavy (non-hydrogen) atoms. The number of anilines is 1. The Morgan fingerprint density at radius 2 is 2.21 bits per heavy atom. The van der Waals surface area contributed by atoms with E-state index in [1.54, 1.807) is 0 Å². The van der Waals surface area contributed by atoms with E-state index in [1.807, 2.05) is 4.90 Å². The molecule has 1 aromatic carbocycles. The first-order valence-electron chi connectivity index (χ1n) is 6.99. The predicted octanol–water partition coefficient (Wildman–Crippen LogP) is 2.26. The Morgan fingerprint density at radius 1 is 1.47 bits per heavy atom. The summed E-state index contributed by atoms with van der Waals surface area (Å²) in [6.07, 6.45) is 2.08. The highest BCUT2D eigenvalue weighted by molar-refractivity contribution is 5.74. The van der Waals surface area contributed by atoms with Gasteiger partial charge in [0.2, 0.25) is 0 Å². The van der Waals surface area contributed by atoms with Crippen LogP contribution >= 0.6 is 0 Å². The summed E-state index contributed by atoms with van der Waals surface area (Å²) in [4.78, 5) is 1.98. The highest BCUT2D eigenvalue weighted by Gasteiger charge is 2.22. The molecule has 1 heterocycles. The van der Waals surface area contributed by atoms with Crippen LogP contribution in [0.25, 0.3) is 0 Å². The zero-order valence-corrected chi connectivity index (χ0v) is 11.8. The number of hydrogen-bond donors (Lipinski definition) is 3. The third-order valence-corrected chi connectivity index (χ3v) is 3.60. The number of fused-ring (bicyclic) bond motifs is 1. The second-order valence-corrected chi connectivity index (χ2v) is 5.72. The van der Waals surface area contributed by atoms with Gasteiger partial charge in [-0.15, -0.1) is 0 Å². The molecule has 0 aliphatic carbocycles. The zero-order chi connectivity index (χ0) is 13.8. The average Bonchev–Trinajstić information content (AvgIpc) is 2.76. The number of rotatable bonds is 5. The molecule has 1 aromatic rings. The van der Waals surface area contributed by atoms with E-state index in [2.05, 4.69) is 43.4 Å². The first kappa shape index (κ1) is 13.7. The maximum absolute atomic E-state index is 7.70.